The van der Waals surface area contributed by atoms with Crippen molar-refractivity contribution in [3.63, 3.8) is 0 Å². The van der Waals surface area contributed by atoms with E-state index in [1.54, 1.807) is 0 Å². The lowest BCUT2D eigenvalue weighted by Gasteiger charge is -1.95. The minimum absolute atomic E-state index is 0.135. The molecule has 6 heteroatoms. The van der Waals surface area contributed by atoms with Crippen molar-refractivity contribution >= 4 is 30.0 Å². The highest BCUT2D eigenvalue weighted by Gasteiger charge is 2.04. The quantitative estimate of drug-likeness (QED) is 0.489. The van der Waals surface area contributed by atoms with Crippen molar-refractivity contribution < 1.29 is 17.7 Å². The molecule has 1 atom stereocenters. The van der Waals surface area contributed by atoms with Gasteiger partial charge in [-0.2, -0.15) is 16.8 Å². The Balaban J connectivity index is 3.35. The van der Waals surface area contributed by atoms with Gasteiger partial charge in [-0.05, 0) is 12.2 Å². The molecule has 0 fully saturated rings. The molecule has 60 valence electrons. The Morgan fingerprint density at radius 2 is 2.30 bits per heavy atom. The van der Waals surface area contributed by atoms with E-state index in [0.29, 0.717) is 12.2 Å². The number of hydrogen-bond donors (Lipinski definition) is 2. The Bertz CT molecular complexity index is 135. The molecule has 0 aromatic rings. The fourth-order valence-electron chi connectivity index (χ4n) is 0.345. The Kier molecular flexibility index (Phi) is 5.66. The van der Waals surface area contributed by atoms with E-state index in [1.807, 2.05) is 0 Å². The van der Waals surface area contributed by atoms with Crippen molar-refractivity contribution in [2.24, 2.45) is 0 Å². The maximum atomic E-state index is 10.4. The Labute approximate surface area is 66.9 Å². The summed E-state index contributed by atoms with van der Waals surface area (Å²) in [7, 11) is 0. The molecule has 0 amide bonds. The van der Waals surface area contributed by atoms with Crippen LogP contribution in [0, 0.1) is 0 Å². The van der Waals surface area contributed by atoms with Crippen LogP contribution in [-0.4, -0.2) is 20.5 Å². The monoisotopic (exact) mass is 184 g/mol. The van der Waals surface area contributed by atoms with Gasteiger partial charge in [-0.25, -0.2) is 0 Å². The molecule has 0 rings (SSSR count). The average molecular weight is 184 g/mol. The Morgan fingerprint density at radius 1 is 1.70 bits per heavy atom. The van der Waals surface area contributed by atoms with Gasteiger partial charge in [0.25, 0.3) is 0 Å². The lowest BCUT2D eigenvalue weighted by atomic mass is 10.3. The predicted molar refractivity (Wildman–Crippen MR) is 40.0 cm³/mol. The van der Waals surface area contributed by atoms with Crippen LogP contribution in [0.3, 0.4) is 0 Å². The fraction of sp³-hybridized carbons (Fsp3) is 0.750. The van der Waals surface area contributed by atoms with Gasteiger partial charge < -0.3 is 4.18 Å². The first kappa shape index (κ1) is 9.93. The van der Waals surface area contributed by atoms with E-state index in [-0.39, 0.29) is 6.42 Å². The van der Waals surface area contributed by atoms with Crippen molar-refractivity contribution in [2.75, 3.05) is 5.75 Å². The maximum absolute atomic E-state index is 10.4. The zero-order chi connectivity index (χ0) is 7.98. The molecule has 0 saturated carbocycles. The molecule has 1 N–H and O–H groups in total. The van der Waals surface area contributed by atoms with Crippen LogP contribution >= 0.6 is 12.6 Å². The largest absolute Gasteiger partial charge is 0.360 e. The molecular weight excluding hydrogens is 176 g/mol. The molecule has 0 aliphatic heterocycles. The van der Waals surface area contributed by atoms with Crippen LogP contribution in [0.1, 0.15) is 12.8 Å². The molecule has 0 aromatic carbocycles. The minimum atomic E-state index is -2.47. The minimum Gasteiger partial charge on any atom is -0.343 e. The summed E-state index contributed by atoms with van der Waals surface area (Å²) in [5.41, 5.74) is 0. The van der Waals surface area contributed by atoms with Crippen LogP contribution in [0.25, 0.3) is 0 Å². The zero-order valence-corrected chi connectivity index (χ0v) is 6.86. The van der Waals surface area contributed by atoms with E-state index >= 15 is 0 Å². The van der Waals surface area contributed by atoms with Crippen LogP contribution in [0.4, 0.5) is 0 Å². The average Bonchev–Trinajstić information content (AvgIpc) is 1.82. The fourth-order valence-corrected chi connectivity index (χ4v) is 0.745. The molecule has 0 bridgehead atoms. The Morgan fingerprint density at radius 3 is 2.70 bits per heavy atom. The molecule has 0 saturated heterocycles. The maximum Gasteiger partial charge on any atom is 0.360 e. The molecule has 0 aromatic heterocycles. The highest BCUT2D eigenvalue weighted by atomic mass is 32.2. The molecule has 0 aliphatic carbocycles. The predicted octanol–water partition coefficient (Wildman–Crippen LogP) is 0.376. The lowest BCUT2D eigenvalue weighted by Crippen LogP contribution is -2.05. The van der Waals surface area contributed by atoms with Crippen LogP contribution in [0.2, 0.25) is 0 Å². The molecular formula is C4H8O4S2. The molecule has 0 heterocycles. The summed E-state index contributed by atoms with van der Waals surface area (Å²) in [4.78, 5) is 10.4. The summed E-state index contributed by atoms with van der Waals surface area (Å²) < 4.78 is 21.8. The summed E-state index contributed by atoms with van der Waals surface area (Å²) in [6.07, 6.45) is 0.689. The van der Waals surface area contributed by atoms with E-state index in [4.69, 9.17) is 4.55 Å². The van der Waals surface area contributed by atoms with Crippen LogP contribution in [-0.2, 0) is 20.3 Å². The number of hydrogen-bond acceptors (Lipinski definition) is 4. The molecule has 0 radical (unpaired) electrons. The third-order valence-electron chi connectivity index (χ3n) is 0.703. The van der Waals surface area contributed by atoms with Gasteiger partial charge in [0.2, 0.25) is 0 Å². The highest BCUT2D eigenvalue weighted by Crippen LogP contribution is 1.95. The standard InChI is InChI=1S/C4H8O4S2/c5-4(2-1-3-9)8-10(6)7/h9H,1-3H2,(H,6,7). The second-order valence-electron chi connectivity index (χ2n) is 1.50. The first-order valence-corrected chi connectivity index (χ1v) is 4.26. The molecule has 4 nitrogen and oxygen atoms in total. The van der Waals surface area contributed by atoms with Gasteiger partial charge in [0.1, 0.15) is 0 Å². The molecule has 0 spiro atoms. The second-order valence-corrected chi connectivity index (χ2v) is 2.55. The first-order valence-electron chi connectivity index (χ1n) is 2.59. The SMILES string of the molecule is O=C(CCCS)OS(=O)O. The third kappa shape index (κ3) is 6.06. The normalized spacial score (nSPS) is 12.6. The van der Waals surface area contributed by atoms with Crippen LogP contribution < -0.4 is 0 Å². The highest BCUT2D eigenvalue weighted by molar-refractivity contribution is 7.80. The van der Waals surface area contributed by atoms with Crippen molar-refractivity contribution in [1.82, 2.24) is 0 Å². The number of carbonyl (C=O) groups is 1. The van der Waals surface area contributed by atoms with E-state index in [2.05, 4.69) is 16.8 Å². The summed E-state index contributed by atoms with van der Waals surface area (Å²) in [5, 5.41) is 0. The smallest absolute Gasteiger partial charge is 0.343 e. The third-order valence-corrected chi connectivity index (χ3v) is 1.35. The molecule has 0 aliphatic rings. The van der Waals surface area contributed by atoms with Crippen molar-refractivity contribution in [3.05, 3.63) is 0 Å². The van der Waals surface area contributed by atoms with Crippen LogP contribution in [0.15, 0.2) is 0 Å². The number of carbonyl (C=O) groups excluding carboxylic acids is 1. The van der Waals surface area contributed by atoms with Gasteiger partial charge in [-0.3, -0.25) is 9.35 Å². The molecule has 10 heavy (non-hydrogen) atoms. The van der Waals surface area contributed by atoms with Crippen molar-refractivity contribution in [1.29, 1.82) is 0 Å². The van der Waals surface area contributed by atoms with Gasteiger partial charge in [-0.15, -0.1) is 0 Å². The second kappa shape index (κ2) is 5.70. The van der Waals surface area contributed by atoms with Crippen molar-refractivity contribution in [3.8, 4) is 0 Å². The van der Waals surface area contributed by atoms with Gasteiger partial charge in [0.05, 0.1) is 0 Å². The zero-order valence-electron chi connectivity index (χ0n) is 5.15. The Hall–Kier alpha value is -0.0700. The van der Waals surface area contributed by atoms with Gasteiger partial charge in [-0.1, -0.05) is 0 Å². The summed E-state index contributed by atoms with van der Waals surface area (Å²) in [6.45, 7) is 0. The summed E-state index contributed by atoms with van der Waals surface area (Å²) in [5.74, 6) is -0.109. The van der Waals surface area contributed by atoms with Gasteiger partial charge in [0.15, 0.2) is 0 Å². The number of rotatable bonds is 4. The summed E-state index contributed by atoms with van der Waals surface area (Å²) in [6, 6.07) is 0. The first-order chi connectivity index (χ1) is 4.66. The van der Waals surface area contributed by atoms with E-state index in [9.17, 15) is 9.00 Å². The van der Waals surface area contributed by atoms with E-state index in [0.717, 1.165) is 0 Å². The van der Waals surface area contributed by atoms with Crippen LogP contribution in [0.5, 0.6) is 0 Å². The van der Waals surface area contributed by atoms with E-state index in [1.165, 1.54) is 0 Å². The summed E-state index contributed by atoms with van der Waals surface area (Å²) >= 11 is 1.37. The molecule has 1 unspecified atom stereocenters. The van der Waals surface area contributed by atoms with Gasteiger partial charge in [0, 0.05) is 6.42 Å². The number of thiol groups is 1. The lowest BCUT2D eigenvalue weighted by molar-refractivity contribution is -0.133. The topological polar surface area (TPSA) is 63.6 Å². The van der Waals surface area contributed by atoms with Gasteiger partial charge >= 0.3 is 17.3 Å². The van der Waals surface area contributed by atoms with E-state index < -0.39 is 17.3 Å². The van der Waals surface area contributed by atoms with Crippen molar-refractivity contribution in [2.45, 2.75) is 12.8 Å².